The van der Waals surface area contributed by atoms with E-state index in [4.69, 9.17) is 33.7 Å². The highest BCUT2D eigenvalue weighted by Gasteiger charge is 2.19. The van der Waals surface area contributed by atoms with E-state index >= 15 is 0 Å². The van der Waals surface area contributed by atoms with Crippen LogP contribution in [0.15, 0.2) is 12.3 Å². The predicted molar refractivity (Wildman–Crippen MR) is 80.3 cm³/mol. The molecule has 112 valence electrons. The zero-order chi connectivity index (χ0) is 15.3. The summed E-state index contributed by atoms with van der Waals surface area (Å²) in [4.78, 5) is 15.5. The maximum Gasteiger partial charge on any atom is 0.407 e. The van der Waals surface area contributed by atoms with Crippen LogP contribution in [0.5, 0.6) is 0 Å². The number of carbonyl (C=O) groups is 1. The number of nitrogens with one attached hydrogen (secondary N) is 1. The summed E-state index contributed by atoms with van der Waals surface area (Å²) in [7, 11) is 0. The second-order valence-corrected chi connectivity index (χ2v) is 6.14. The van der Waals surface area contributed by atoms with Gasteiger partial charge < -0.3 is 15.8 Å². The summed E-state index contributed by atoms with van der Waals surface area (Å²) in [6.45, 7) is 6.02. The number of ether oxygens (including phenoxy) is 1. The van der Waals surface area contributed by atoms with Crippen molar-refractivity contribution in [1.29, 1.82) is 0 Å². The molecule has 0 spiro atoms. The Hall–Kier alpha value is -1.04. The van der Waals surface area contributed by atoms with Crippen molar-refractivity contribution in [2.24, 2.45) is 5.73 Å². The molecule has 20 heavy (non-hydrogen) atoms. The van der Waals surface area contributed by atoms with Crippen LogP contribution in [-0.2, 0) is 4.74 Å². The molecule has 1 unspecified atom stereocenters. The average molecular weight is 320 g/mol. The topological polar surface area (TPSA) is 77.2 Å². The van der Waals surface area contributed by atoms with Crippen molar-refractivity contribution in [3.05, 3.63) is 28.0 Å². The van der Waals surface area contributed by atoms with E-state index in [1.807, 2.05) is 0 Å². The van der Waals surface area contributed by atoms with Gasteiger partial charge >= 0.3 is 6.09 Å². The van der Waals surface area contributed by atoms with E-state index in [1.165, 1.54) is 6.20 Å². The van der Waals surface area contributed by atoms with Crippen molar-refractivity contribution in [3.63, 3.8) is 0 Å². The van der Waals surface area contributed by atoms with E-state index in [1.54, 1.807) is 26.8 Å². The van der Waals surface area contributed by atoms with Gasteiger partial charge in [-0.3, -0.25) is 0 Å². The van der Waals surface area contributed by atoms with Crippen molar-refractivity contribution in [3.8, 4) is 0 Å². The van der Waals surface area contributed by atoms with Crippen LogP contribution in [-0.4, -0.2) is 29.8 Å². The summed E-state index contributed by atoms with van der Waals surface area (Å²) in [5.74, 6) is -0.157. The first kappa shape index (κ1) is 17.0. The summed E-state index contributed by atoms with van der Waals surface area (Å²) in [5, 5.41) is 3.47. The van der Waals surface area contributed by atoms with Gasteiger partial charge in [-0.2, -0.15) is 0 Å². The molecule has 7 heteroatoms. The summed E-state index contributed by atoms with van der Waals surface area (Å²) >= 11 is 11.9. The molecule has 5 nitrogen and oxygen atoms in total. The van der Waals surface area contributed by atoms with Crippen LogP contribution >= 0.6 is 23.2 Å². The van der Waals surface area contributed by atoms with E-state index < -0.39 is 11.7 Å². The molecule has 1 aromatic rings. The number of nitrogens with zero attached hydrogens (tertiary/aromatic N) is 1. The molecule has 0 saturated carbocycles. The van der Waals surface area contributed by atoms with Gasteiger partial charge in [-0.05, 0) is 32.4 Å². The Morgan fingerprint density at radius 3 is 2.70 bits per heavy atom. The molecule has 1 amide bonds. The maximum absolute atomic E-state index is 11.6. The van der Waals surface area contributed by atoms with Crippen LogP contribution in [0.2, 0.25) is 10.2 Å². The largest absolute Gasteiger partial charge is 0.444 e. The predicted octanol–water partition coefficient (Wildman–Crippen LogP) is 2.96. The molecule has 1 heterocycles. The van der Waals surface area contributed by atoms with Gasteiger partial charge in [0.2, 0.25) is 0 Å². The average Bonchev–Trinajstić information content (AvgIpc) is 2.32. The second-order valence-electron chi connectivity index (χ2n) is 5.34. The third kappa shape index (κ3) is 5.53. The van der Waals surface area contributed by atoms with Crippen molar-refractivity contribution in [2.75, 3.05) is 13.1 Å². The molecule has 0 aliphatic carbocycles. The maximum atomic E-state index is 11.6. The highest BCUT2D eigenvalue weighted by molar-refractivity contribution is 6.32. The van der Waals surface area contributed by atoms with Gasteiger partial charge in [0.1, 0.15) is 10.8 Å². The van der Waals surface area contributed by atoms with E-state index in [0.717, 1.165) is 5.56 Å². The van der Waals surface area contributed by atoms with Crippen molar-refractivity contribution in [1.82, 2.24) is 10.3 Å². The zero-order valence-electron chi connectivity index (χ0n) is 11.7. The van der Waals surface area contributed by atoms with E-state index in [2.05, 4.69) is 10.3 Å². The lowest BCUT2D eigenvalue weighted by Gasteiger charge is -2.22. The normalized spacial score (nSPS) is 12.9. The lowest BCUT2D eigenvalue weighted by atomic mass is 10.0. The Labute approximate surface area is 128 Å². The quantitative estimate of drug-likeness (QED) is 0.836. The van der Waals surface area contributed by atoms with Crippen LogP contribution in [0.1, 0.15) is 32.3 Å². The molecule has 0 aliphatic rings. The Morgan fingerprint density at radius 1 is 1.50 bits per heavy atom. The van der Waals surface area contributed by atoms with Crippen LogP contribution in [0.4, 0.5) is 4.79 Å². The number of nitrogens with two attached hydrogens (primary N) is 1. The van der Waals surface area contributed by atoms with E-state index in [9.17, 15) is 4.79 Å². The lowest BCUT2D eigenvalue weighted by Crippen LogP contribution is -2.36. The summed E-state index contributed by atoms with van der Waals surface area (Å²) in [5.41, 5.74) is 5.94. The van der Waals surface area contributed by atoms with Gasteiger partial charge in [-0.25, -0.2) is 9.78 Å². The Kier molecular flexibility index (Phi) is 6.05. The molecule has 1 atom stereocenters. The standard InChI is InChI=1S/C13H19Cl2N3O2/c1-13(2,3)20-12(19)18-6-8(5-16)9-4-11(15)17-7-10(9)14/h4,7-8H,5-6,16H2,1-3H3,(H,18,19). The van der Waals surface area contributed by atoms with Crippen molar-refractivity contribution >= 4 is 29.3 Å². The zero-order valence-corrected chi connectivity index (χ0v) is 13.3. The molecule has 0 aromatic carbocycles. The number of hydrogen-bond acceptors (Lipinski definition) is 4. The molecular formula is C13H19Cl2N3O2. The molecule has 0 radical (unpaired) electrons. The van der Waals surface area contributed by atoms with Crippen LogP contribution < -0.4 is 11.1 Å². The number of pyridine rings is 1. The van der Waals surface area contributed by atoms with Gasteiger partial charge in [-0.1, -0.05) is 23.2 Å². The Balaban J connectivity index is 2.68. The Morgan fingerprint density at radius 2 is 2.15 bits per heavy atom. The molecule has 1 rings (SSSR count). The number of aromatic nitrogens is 1. The molecule has 0 bridgehead atoms. The third-order valence-corrected chi connectivity index (χ3v) is 2.99. The van der Waals surface area contributed by atoms with Crippen molar-refractivity contribution in [2.45, 2.75) is 32.3 Å². The third-order valence-electron chi connectivity index (χ3n) is 2.47. The first-order valence-electron chi connectivity index (χ1n) is 6.21. The Bertz CT molecular complexity index is 475. The smallest absolute Gasteiger partial charge is 0.407 e. The highest BCUT2D eigenvalue weighted by Crippen LogP contribution is 2.25. The SMILES string of the molecule is CC(C)(C)OC(=O)NCC(CN)c1cc(Cl)ncc1Cl. The second kappa shape index (κ2) is 7.11. The van der Waals surface area contributed by atoms with Crippen LogP contribution in [0.25, 0.3) is 0 Å². The van der Waals surface area contributed by atoms with Crippen LogP contribution in [0, 0.1) is 0 Å². The fourth-order valence-electron chi connectivity index (χ4n) is 1.58. The summed E-state index contributed by atoms with van der Waals surface area (Å²) in [6, 6.07) is 1.65. The molecule has 3 N–H and O–H groups in total. The van der Waals surface area contributed by atoms with Gasteiger partial charge in [0.05, 0.1) is 5.02 Å². The summed E-state index contributed by atoms with van der Waals surface area (Å²) in [6.07, 6.45) is 0.974. The first-order valence-corrected chi connectivity index (χ1v) is 6.96. The fourth-order valence-corrected chi connectivity index (χ4v) is 2.01. The minimum atomic E-state index is -0.542. The monoisotopic (exact) mass is 319 g/mol. The molecule has 0 fully saturated rings. The van der Waals surface area contributed by atoms with E-state index in [0.29, 0.717) is 23.3 Å². The van der Waals surface area contributed by atoms with Gasteiger partial charge in [0, 0.05) is 25.2 Å². The highest BCUT2D eigenvalue weighted by atomic mass is 35.5. The fraction of sp³-hybridized carbons (Fsp3) is 0.538. The van der Waals surface area contributed by atoms with Gasteiger partial charge in [-0.15, -0.1) is 0 Å². The number of amides is 1. The molecule has 0 saturated heterocycles. The molecule has 0 aliphatic heterocycles. The lowest BCUT2D eigenvalue weighted by molar-refractivity contribution is 0.0525. The van der Waals surface area contributed by atoms with Crippen LogP contribution in [0.3, 0.4) is 0 Å². The van der Waals surface area contributed by atoms with Gasteiger partial charge in [0.15, 0.2) is 0 Å². The minimum absolute atomic E-state index is 0.157. The summed E-state index contributed by atoms with van der Waals surface area (Å²) < 4.78 is 5.16. The number of rotatable bonds is 4. The van der Waals surface area contributed by atoms with Crippen molar-refractivity contribution < 1.29 is 9.53 Å². The van der Waals surface area contributed by atoms with Gasteiger partial charge in [0.25, 0.3) is 0 Å². The van der Waals surface area contributed by atoms with E-state index in [-0.39, 0.29) is 5.92 Å². The minimum Gasteiger partial charge on any atom is -0.444 e. The first-order chi connectivity index (χ1) is 9.23. The number of alkyl carbamates (subject to hydrolysis) is 1. The number of halogens is 2. The molecule has 1 aromatic heterocycles. The number of hydrogen-bond donors (Lipinski definition) is 2. The molecular weight excluding hydrogens is 301 g/mol. The number of carbonyl (C=O) groups excluding carboxylic acids is 1.